The molecule has 0 unspecified atom stereocenters. The van der Waals surface area contributed by atoms with Crippen molar-refractivity contribution in [2.24, 2.45) is 5.92 Å². The van der Waals surface area contributed by atoms with Gasteiger partial charge in [0.15, 0.2) is 0 Å². The van der Waals surface area contributed by atoms with Crippen molar-refractivity contribution in [3.63, 3.8) is 0 Å². The highest BCUT2D eigenvalue weighted by Crippen LogP contribution is 2.25. The Hall–Kier alpha value is -1.92. The smallest absolute Gasteiger partial charge is 0.230 e. The Kier molecular flexibility index (Phi) is 3.56. The van der Waals surface area contributed by atoms with Crippen LogP contribution in [0.25, 0.3) is 10.9 Å². The number of aromatic nitrogens is 2. The summed E-state index contributed by atoms with van der Waals surface area (Å²) in [5, 5.41) is 11.0. The van der Waals surface area contributed by atoms with Crippen LogP contribution in [-0.2, 0) is 9.53 Å². The highest BCUT2D eigenvalue weighted by molar-refractivity contribution is 5.95. The fraction of sp³-hybridized carbons (Fsp3) is 0.500. The van der Waals surface area contributed by atoms with Crippen molar-refractivity contribution in [2.75, 3.05) is 31.6 Å². The standard InChI is InChI=1S/C16H20N4O2/c21-16(12-9-20(10-12)14-3-5-22-6-4-14)18-13-2-1-11-8-17-19-15(11)7-13/h1-2,7-8,12,14H,3-6,9-10H2,(H,17,19)(H,18,21). The summed E-state index contributed by atoms with van der Waals surface area (Å²) in [4.78, 5) is 14.7. The van der Waals surface area contributed by atoms with E-state index in [1.54, 1.807) is 6.20 Å². The Morgan fingerprint density at radius 3 is 2.95 bits per heavy atom. The first-order chi connectivity index (χ1) is 10.8. The van der Waals surface area contributed by atoms with Crippen LogP contribution in [0.5, 0.6) is 0 Å². The van der Waals surface area contributed by atoms with Gasteiger partial charge in [0.05, 0.1) is 17.6 Å². The van der Waals surface area contributed by atoms with Gasteiger partial charge in [-0.1, -0.05) is 0 Å². The highest BCUT2D eigenvalue weighted by atomic mass is 16.5. The van der Waals surface area contributed by atoms with Gasteiger partial charge in [0.25, 0.3) is 0 Å². The average molecular weight is 300 g/mol. The fourth-order valence-corrected chi connectivity index (χ4v) is 3.29. The van der Waals surface area contributed by atoms with E-state index in [0.29, 0.717) is 6.04 Å². The first kappa shape index (κ1) is 13.7. The van der Waals surface area contributed by atoms with E-state index < -0.39 is 0 Å². The van der Waals surface area contributed by atoms with Crippen LogP contribution in [0.1, 0.15) is 12.8 Å². The quantitative estimate of drug-likeness (QED) is 0.903. The van der Waals surface area contributed by atoms with E-state index >= 15 is 0 Å². The molecule has 0 spiro atoms. The van der Waals surface area contributed by atoms with Crippen molar-refractivity contribution in [1.82, 2.24) is 15.1 Å². The predicted molar refractivity (Wildman–Crippen MR) is 83.6 cm³/mol. The number of anilines is 1. The molecule has 0 aliphatic carbocycles. The van der Waals surface area contributed by atoms with Crippen LogP contribution in [0.15, 0.2) is 24.4 Å². The number of hydrogen-bond donors (Lipinski definition) is 2. The van der Waals surface area contributed by atoms with Gasteiger partial charge in [-0.05, 0) is 31.0 Å². The Labute approximate surface area is 128 Å². The monoisotopic (exact) mass is 300 g/mol. The van der Waals surface area contributed by atoms with Crippen LogP contribution in [-0.4, -0.2) is 53.3 Å². The van der Waals surface area contributed by atoms with Gasteiger partial charge < -0.3 is 10.1 Å². The summed E-state index contributed by atoms with van der Waals surface area (Å²) >= 11 is 0. The molecule has 1 aromatic carbocycles. The molecule has 2 aromatic rings. The third kappa shape index (κ3) is 2.60. The van der Waals surface area contributed by atoms with Crippen molar-refractivity contribution < 1.29 is 9.53 Å². The molecule has 2 N–H and O–H groups in total. The van der Waals surface area contributed by atoms with Gasteiger partial charge in [-0.3, -0.25) is 14.8 Å². The SMILES string of the molecule is O=C(Nc1ccc2cn[nH]c2c1)C1CN(C2CCOCC2)C1. The maximum absolute atomic E-state index is 12.3. The minimum absolute atomic E-state index is 0.0975. The maximum atomic E-state index is 12.3. The molecule has 6 nitrogen and oxygen atoms in total. The lowest BCUT2D eigenvalue weighted by Gasteiger charge is -2.44. The van der Waals surface area contributed by atoms with Gasteiger partial charge in [-0.25, -0.2) is 0 Å². The van der Waals surface area contributed by atoms with Gasteiger partial charge in [0.2, 0.25) is 5.91 Å². The Balaban J connectivity index is 1.33. The predicted octanol–water partition coefficient (Wildman–Crippen LogP) is 1.61. The zero-order valence-corrected chi connectivity index (χ0v) is 12.4. The molecule has 6 heteroatoms. The summed E-state index contributed by atoms with van der Waals surface area (Å²) < 4.78 is 5.39. The molecular weight excluding hydrogens is 280 g/mol. The summed E-state index contributed by atoms with van der Waals surface area (Å²) in [5.74, 6) is 0.211. The molecule has 4 rings (SSSR count). The van der Waals surface area contributed by atoms with E-state index in [2.05, 4.69) is 20.4 Å². The number of carbonyl (C=O) groups excluding carboxylic acids is 1. The molecule has 2 aliphatic heterocycles. The number of ether oxygens (including phenoxy) is 1. The minimum Gasteiger partial charge on any atom is -0.381 e. The molecule has 2 fully saturated rings. The van der Waals surface area contributed by atoms with Crippen LogP contribution in [0, 0.1) is 5.92 Å². The molecule has 2 aliphatic rings. The number of nitrogens with zero attached hydrogens (tertiary/aromatic N) is 2. The number of benzene rings is 1. The van der Waals surface area contributed by atoms with E-state index in [-0.39, 0.29) is 11.8 Å². The fourth-order valence-electron chi connectivity index (χ4n) is 3.29. The van der Waals surface area contributed by atoms with E-state index in [1.165, 1.54) is 0 Å². The topological polar surface area (TPSA) is 70.2 Å². The normalized spacial score (nSPS) is 20.9. The Morgan fingerprint density at radius 1 is 1.32 bits per heavy atom. The maximum Gasteiger partial charge on any atom is 0.230 e. The van der Waals surface area contributed by atoms with Crippen molar-refractivity contribution in [3.8, 4) is 0 Å². The number of likely N-dealkylation sites (tertiary alicyclic amines) is 1. The molecule has 0 atom stereocenters. The summed E-state index contributed by atoms with van der Waals surface area (Å²) in [6, 6.07) is 6.41. The number of hydrogen-bond acceptors (Lipinski definition) is 4. The summed E-state index contributed by atoms with van der Waals surface area (Å²) in [5.41, 5.74) is 1.77. The van der Waals surface area contributed by atoms with Gasteiger partial charge in [0, 0.05) is 43.4 Å². The van der Waals surface area contributed by atoms with E-state index in [0.717, 1.165) is 55.7 Å². The van der Waals surface area contributed by atoms with Crippen LogP contribution in [0.3, 0.4) is 0 Å². The molecule has 0 radical (unpaired) electrons. The molecule has 116 valence electrons. The number of amides is 1. The second-order valence-corrected chi connectivity index (χ2v) is 6.16. The number of H-pyrrole nitrogens is 1. The molecule has 3 heterocycles. The summed E-state index contributed by atoms with van der Waals surface area (Å²) in [6.45, 7) is 3.43. The lowest BCUT2D eigenvalue weighted by Crippen LogP contribution is -2.57. The second kappa shape index (κ2) is 5.70. The van der Waals surface area contributed by atoms with Crippen molar-refractivity contribution in [2.45, 2.75) is 18.9 Å². The Morgan fingerprint density at radius 2 is 2.14 bits per heavy atom. The number of fused-ring (bicyclic) bond motifs is 1. The molecule has 1 aromatic heterocycles. The van der Waals surface area contributed by atoms with Crippen molar-refractivity contribution in [3.05, 3.63) is 24.4 Å². The zero-order valence-electron chi connectivity index (χ0n) is 12.4. The van der Waals surface area contributed by atoms with Crippen LogP contribution in [0.2, 0.25) is 0 Å². The van der Waals surface area contributed by atoms with E-state index in [1.807, 2.05) is 18.2 Å². The second-order valence-electron chi connectivity index (χ2n) is 6.16. The van der Waals surface area contributed by atoms with Gasteiger partial charge in [-0.2, -0.15) is 5.10 Å². The van der Waals surface area contributed by atoms with Gasteiger partial charge >= 0.3 is 0 Å². The average Bonchev–Trinajstić information content (AvgIpc) is 2.94. The lowest BCUT2D eigenvalue weighted by atomic mass is 9.93. The summed E-state index contributed by atoms with van der Waals surface area (Å²) in [6.07, 6.45) is 3.95. The minimum atomic E-state index is 0.0975. The van der Waals surface area contributed by atoms with Crippen molar-refractivity contribution in [1.29, 1.82) is 0 Å². The van der Waals surface area contributed by atoms with Gasteiger partial charge in [-0.15, -0.1) is 0 Å². The first-order valence-corrected chi connectivity index (χ1v) is 7.85. The lowest BCUT2D eigenvalue weighted by molar-refractivity contribution is -0.127. The molecular formula is C16H20N4O2. The third-order valence-corrected chi connectivity index (χ3v) is 4.70. The first-order valence-electron chi connectivity index (χ1n) is 7.85. The summed E-state index contributed by atoms with van der Waals surface area (Å²) in [7, 11) is 0. The van der Waals surface area contributed by atoms with E-state index in [9.17, 15) is 4.79 Å². The molecule has 22 heavy (non-hydrogen) atoms. The number of aromatic amines is 1. The van der Waals surface area contributed by atoms with Crippen LogP contribution < -0.4 is 5.32 Å². The largest absolute Gasteiger partial charge is 0.381 e. The molecule has 0 saturated carbocycles. The highest BCUT2D eigenvalue weighted by Gasteiger charge is 2.37. The molecule has 0 bridgehead atoms. The van der Waals surface area contributed by atoms with Gasteiger partial charge in [0.1, 0.15) is 0 Å². The van der Waals surface area contributed by atoms with Crippen molar-refractivity contribution >= 4 is 22.5 Å². The number of rotatable bonds is 3. The van der Waals surface area contributed by atoms with Crippen LogP contribution in [0.4, 0.5) is 5.69 Å². The number of nitrogens with one attached hydrogen (secondary N) is 2. The molecule has 2 saturated heterocycles. The third-order valence-electron chi connectivity index (χ3n) is 4.70. The Bertz CT molecular complexity index is 672. The zero-order chi connectivity index (χ0) is 14.9. The molecule has 1 amide bonds. The van der Waals surface area contributed by atoms with E-state index in [4.69, 9.17) is 4.74 Å². The van der Waals surface area contributed by atoms with Crippen LogP contribution >= 0.6 is 0 Å². The number of carbonyl (C=O) groups is 1.